The summed E-state index contributed by atoms with van der Waals surface area (Å²) >= 11 is 29.4. The lowest BCUT2D eigenvalue weighted by Gasteiger charge is -2.06. The number of carbonyl (C=O) groups is 4. The molecule has 0 bridgehead atoms. The van der Waals surface area contributed by atoms with Gasteiger partial charge >= 0.3 is 0 Å². The average molecular weight is 1700 g/mol. The molecule has 0 radical (unpaired) electrons. The third kappa shape index (κ3) is 22.3. The summed E-state index contributed by atoms with van der Waals surface area (Å²) in [6.07, 6.45) is 5.47. The minimum absolute atomic E-state index is 0.0363. The summed E-state index contributed by atoms with van der Waals surface area (Å²) in [5.74, 6) is -1.41. The third-order valence-electron chi connectivity index (χ3n) is 10.4. The minimum Gasteiger partial charge on any atom is -0.507 e. The zero-order valence-corrected chi connectivity index (χ0v) is 56.6. The maximum atomic E-state index is 12.0. The number of nitrogens with zero attached hydrogens (tertiary/aromatic N) is 4. The van der Waals surface area contributed by atoms with E-state index in [0.717, 1.165) is 32.4 Å². The van der Waals surface area contributed by atoms with Gasteiger partial charge in [0.2, 0.25) is 0 Å². The first-order valence-electron chi connectivity index (χ1n) is 23.2. The highest BCUT2D eigenvalue weighted by Gasteiger charge is 2.15. The van der Waals surface area contributed by atoms with Gasteiger partial charge in [-0.15, -0.1) is 0 Å². The van der Waals surface area contributed by atoms with Crippen LogP contribution in [0.1, 0.15) is 69.2 Å². The van der Waals surface area contributed by atoms with Crippen LogP contribution in [0.25, 0.3) is 0 Å². The lowest BCUT2D eigenvalue weighted by atomic mass is 10.1. The number of nitrogens with one attached hydrogen (secondary N) is 4. The molecule has 9 N–H and O–H groups in total. The highest BCUT2D eigenvalue weighted by molar-refractivity contribution is 9.12. The highest BCUT2D eigenvalue weighted by Crippen LogP contribution is 2.33. The number of halogens is 9. The Balaban J connectivity index is 0.000000203. The molecular weight excluding hydrogens is 1660 g/mol. The molecule has 0 saturated carbocycles. The van der Waals surface area contributed by atoms with Gasteiger partial charge in [-0.3, -0.25) is 19.2 Å². The second-order valence-corrected chi connectivity index (χ2v) is 24.5. The molecule has 8 rings (SSSR count). The smallest absolute Gasteiger partial charge is 0.275 e. The largest absolute Gasteiger partial charge is 0.507 e. The standard InChI is InChI=1S/C15H13BrN2O2.C14H9Br3N2O3.C14H9Br3N2O2.C14H10Br2N2O2/c1-10-4-2-3-5-13(10)15(20)18-17-9-11-8-12(16)6-7-14(11)19;15-8-1-2-12(20)7(3-8)6-18-19-14(22)10-4-9(16)5-11(17)13(10)21;15-10-3-1-8(2-4-10)14(21)19-18-7-9-5-11(16)6-12(17)13(9)20;15-11-3-1-2-9(6-11)14(20)18-17-8-10-7-12(16)4-5-13(10)19/h2-9,19H,1H3,(H,18,20);1-6,20-21H,(H,19,22);1-7,20H,(H,19,21);1-8,19H,(H,18,20)/b17-9+;18-6+;18-7+;17-8+. The molecule has 0 heterocycles. The molecule has 0 aromatic heterocycles. The maximum absolute atomic E-state index is 12.0. The first kappa shape index (κ1) is 67.4. The van der Waals surface area contributed by atoms with Crippen LogP contribution in [0.3, 0.4) is 0 Å². The quantitative estimate of drug-likeness (QED) is 0.0415. The van der Waals surface area contributed by atoms with E-state index in [4.69, 9.17) is 0 Å². The second-order valence-electron chi connectivity index (χ2n) is 16.3. The fourth-order valence-corrected chi connectivity index (χ4v) is 10.5. The first-order valence-corrected chi connectivity index (χ1v) is 30.3. The van der Waals surface area contributed by atoms with Crippen molar-refractivity contribution in [2.75, 3.05) is 0 Å². The van der Waals surface area contributed by atoms with Gasteiger partial charge < -0.3 is 25.5 Å². The van der Waals surface area contributed by atoms with Crippen molar-refractivity contribution < 1.29 is 44.7 Å². The van der Waals surface area contributed by atoms with Gasteiger partial charge in [0.25, 0.3) is 23.6 Å². The molecule has 0 spiro atoms. The highest BCUT2D eigenvalue weighted by atomic mass is 79.9. The van der Waals surface area contributed by atoms with Crippen LogP contribution < -0.4 is 21.7 Å². The molecule has 0 aliphatic heterocycles. The molecule has 0 aliphatic carbocycles. The molecule has 8 aromatic carbocycles. The van der Waals surface area contributed by atoms with Gasteiger partial charge in [0.15, 0.2) is 0 Å². The number of carbonyl (C=O) groups excluding carboxylic acids is 4. The number of hydrazone groups is 4. The van der Waals surface area contributed by atoms with Crippen molar-refractivity contribution in [3.63, 3.8) is 0 Å². The van der Waals surface area contributed by atoms with Crippen molar-refractivity contribution >= 4 is 192 Å². The van der Waals surface area contributed by atoms with Gasteiger partial charge in [-0.2, -0.15) is 20.4 Å². The van der Waals surface area contributed by atoms with Crippen molar-refractivity contribution in [1.82, 2.24) is 21.7 Å². The molecular formula is C57H41Br9N8O9. The summed E-state index contributed by atoms with van der Waals surface area (Å²) in [4.78, 5) is 47.6. The number of benzene rings is 8. The van der Waals surface area contributed by atoms with E-state index in [1.54, 1.807) is 121 Å². The topological polar surface area (TPSA) is 267 Å². The van der Waals surface area contributed by atoms with Crippen LogP contribution in [0.4, 0.5) is 0 Å². The van der Waals surface area contributed by atoms with Crippen LogP contribution >= 0.6 is 143 Å². The normalized spacial score (nSPS) is 10.8. The predicted octanol–water partition coefficient (Wildman–Crippen LogP) is 15.5. The van der Waals surface area contributed by atoms with Gasteiger partial charge in [0.05, 0.1) is 39.4 Å². The van der Waals surface area contributed by atoms with Crippen LogP contribution in [-0.4, -0.2) is 74.0 Å². The van der Waals surface area contributed by atoms with Crippen LogP contribution in [0.2, 0.25) is 0 Å². The van der Waals surface area contributed by atoms with Crippen LogP contribution in [0.5, 0.6) is 28.7 Å². The van der Waals surface area contributed by atoms with Crippen LogP contribution in [0, 0.1) is 6.92 Å². The Morgan fingerprint density at radius 3 is 1.22 bits per heavy atom. The fourth-order valence-electron chi connectivity index (χ4n) is 6.26. The third-order valence-corrected chi connectivity index (χ3v) is 15.0. The number of aryl methyl sites for hydroxylation is 1. The summed E-state index contributed by atoms with van der Waals surface area (Å²) in [7, 11) is 0. The Morgan fingerprint density at radius 1 is 0.349 bits per heavy atom. The van der Waals surface area contributed by atoms with Gasteiger partial charge in [0.1, 0.15) is 28.7 Å². The van der Waals surface area contributed by atoms with E-state index >= 15 is 0 Å². The van der Waals surface area contributed by atoms with Crippen molar-refractivity contribution in [1.29, 1.82) is 0 Å². The van der Waals surface area contributed by atoms with Crippen molar-refractivity contribution in [2.45, 2.75) is 6.92 Å². The molecule has 26 heteroatoms. The molecule has 426 valence electrons. The molecule has 0 unspecified atom stereocenters. The summed E-state index contributed by atoms with van der Waals surface area (Å²) in [6, 6.07) is 42.4. The van der Waals surface area contributed by atoms with Gasteiger partial charge in [0, 0.05) is 70.3 Å². The van der Waals surface area contributed by atoms with Gasteiger partial charge in [-0.05, 0) is 172 Å². The maximum Gasteiger partial charge on any atom is 0.275 e. The fraction of sp³-hybridized carbons (Fsp3) is 0.0175. The lowest BCUT2D eigenvalue weighted by molar-refractivity contribution is 0.0944. The van der Waals surface area contributed by atoms with E-state index in [-0.39, 0.29) is 52.0 Å². The Morgan fingerprint density at radius 2 is 0.735 bits per heavy atom. The molecule has 0 fully saturated rings. The number of hydrogen-bond donors (Lipinski definition) is 9. The van der Waals surface area contributed by atoms with Crippen molar-refractivity contribution in [2.24, 2.45) is 20.4 Å². The number of phenolic OH excluding ortho intramolecular Hbond substituents is 5. The first-order chi connectivity index (χ1) is 39.5. The minimum atomic E-state index is -0.578. The van der Waals surface area contributed by atoms with E-state index in [0.29, 0.717) is 52.4 Å². The van der Waals surface area contributed by atoms with Gasteiger partial charge in [-0.1, -0.05) is 136 Å². The van der Waals surface area contributed by atoms with Crippen molar-refractivity contribution in [3.05, 3.63) is 242 Å². The number of amides is 4. The molecule has 83 heavy (non-hydrogen) atoms. The summed E-state index contributed by atoms with van der Waals surface area (Å²) in [5.41, 5.74) is 14.0. The molecule has 0 atom stereocenters. The number of aromatic hydroxyl groups is 5. The summed E-state index contributed by atoms with van der Waals surface area (Å²) in [5, 5.41) is 63.9. The summed E-state index contributed by atoms with van der Waals surface area (Å²) < 4.78 is 6.47. The number of rotatable bonds is 12. The Labute approximate surface area is 550 Å². The molecule has 0 aliphatic rings. The van der Waals surface area contributed by atoms with E-state index in [2.05, 4.69) is 185 Å². The van der Waals surface area contributed by atoms with Crippen LogP contribution in [0.15, 0.2) is 212 Å². The SMILES string of the molecule is Cc1ccccc1C(=O)N/N=C/c1cc(Br)ccc1O.O=C(N/N=C/c1cc(Br)cc(Br)c1O)c1ccc(Br)cc1.O=C(N/N=C/c1cc(Br)ccc1O)c1cc(Br)cc(Br)c1O.O=C(N/N=C/c1cc(Br)ccc1O)c1cccc(Br)c1. The van der Waals surface area contributed by atoms with Crippen molar-refractivity contribution in [3.8, 4) is 28.7 Å². The van der Waals surface area contributed by atoms with E-state index in [1.165, 1.54) is 37.0 Å². The zero-order chi connectivity index (χ0) is 60.8. The molecule has 0 saturated heterocycles. The zero-order valence-electron chi connectivity index (χ0n) is 42.3. The van der Waals surface area contributed by atoms with Gasteiger partial charge in [-0.25, -0.2) is 21.7 Å². The predicted molar refractivity (Wildman–Crippen MR) is 354 cm³/mol. The van der Waals surface area contributed by atoms with E-state index < -0.39 is 5.91 Å². The molecule has 17 nitrogen and oxygen atoms in total. The number of hydrogen-bond acceptors (Lipinski definition) is 13. The van der Waals surface area contributed by atoms with E-state index in [9.17, 15) is 44.7 Å². The Hall–Kier alpha value is -6.36. The Kier molecular flexibility index (Phi) is 27.5. The molecule has 8 aromatic rings. The molecule has 4 amide bonds. The number of phenols is 5. The van der Waals surface area contributed by atoms with Crippen LogP contribution in [-0.2, 0) is 0 Å². The Bertz CT molecular complexity index is 3780. The monoisotopic (exact) mass is 1690 g/mol. The lowest BCUT2D eigenvalue weighted by Crippen LogP contribution is -2.18. The van der Waals surface area contributed by atoms with E-state index in [1.807, 2.05) is 25.1 Å². The second kappa shape index (κ2) is 33.8. The average Bonchev–Trinajstić information content (AvgIpc) is 3.45. The summed E-state index contributed by atoms with van der Waals surface area (Å²) in [6.45, 7) is 1.86.